The second-order valence-corrected chi connectivity index (χ2v) is 5.35. The fourth-order valence-electron chi connectivity index (χ4n) is 2.69. The topological polar surface area (TPSA) is 15.3 Å². The average molecular weight is 246 g/mol. The molecule has 1 aliphatic heterocycles. The summed E-state index contributed by atoms with van der Waals surface area (Å²) in [7, 11) is 0. The van der Waals surface area contributed by atoms with Gasteiger partial charge in [0.25, 0.3) is 0 Å². The molecule has 2 rings (SSSR count). The van der Waals surface area contributed by atoms with Gasteiger partial charge in [-0.1, -0.05) is 13.8 Å². The van der Waals surface area contributed by atoms with E-state index in [-0.39, 0.29) is 0 Å². The van der Waals surface area contributed by atoms with Gasteiger partial charge in [-0.05, 0) is 56.4 Å². The number of hydrogen-bond donors (Lipinski definition) is 1. The number of anilines is 2. The van der Waals surface area contributed by atoms with Gasteiger partial charge in [-0.3, -0.25) is 0 Å². The summed E-state index contributed by atoms with van der Waals surface area (Å²) < 4.78 is 0. The van der Waals surface area contributed by atoms with Gasteiger partial charge in [0, 0.05) is 30.5 Å². The van der Waals surface area contributed by atoms with Crippen molar-refractivity contribution in [3.63, 3.8) is 0 Å². The van der Waals surface area contributed by atoms with E-state index in [0.29, 0.717) is 6.04 Å². The molecule has 1 fully saturated rings. The van der Waals surface area contributed by atoms with E-state index in [1.54, 1.807) is 0 Å². The van der Waals surface area contributed by atoms with Crippen LogP contribution in [-0.4, -0.2) is 19.1 Å². The Kier molecular flexibility index (Phi) is 4.51. The van der Waals surface area contributed by atoms with Crippen LogP contribution in [0.15, 0.2) is 18.2 Å². The van der Waals surface area contributed by atoms with Crippen LogP contribution >= 0.6 is 0 Å². The molecule has 18 heavy (non-hydrogen) atoms. The second kappa shape index (κ2) is 6.12. The Labute approximate surface area is 111 Å². The monoisotopic (exact) mass is 246 g/mol. The summed E-state index contributed by atoms with van der Waals surface area (Å²) in [5.74, 6) is 0. The highest BCUT2D eigenvalue weighted by atomic mass is 15.1. The molecule has 1 aromatic carbocycles. The van der Waals surface area contributed by atoms with Crippen LogP contribution in [0.4, 0.5) is 11.4 Å². The molecule has 0 saturated carbocycles. The zero-order valence-corrected chi connectivity index (χ0v) is 12.0. The third-order valence-electron chi connectivity index (χ3n) is 4.03. The number of rotatable bonds is 5. The molecule has 0 aliphatic carbocycles. The molecule has 1 heterocycles. The molecule has 0 bridgehead atoms. The van der Waals surface area contributed by atoms with E-state index < -0.39 is 0 Å². The molecular formula is C16H26N2. The molecule has 0 unspecified atom stereocenters. The number of hydrogen-bond acceptors (Lipinski definition) is 2. The van der Waals surface area contributed by atoms with E-state index >= 15 is 0 Å². The highest BCUT2D eigenvalue weighted by Gasteiger charge is 2.13. The van der Waals surface area contributed by atoms with Crippen molar-refractivity contribution >= 4 is 11.4 Å². The quantitative estimate of drug-likeness (QED) is 0.837. The first-order chi connectivity index (χ1) is 8.74. The van der Waals surface area contributed by atoms with Gasteiger partial charge in [0.2, 0.25) is 0 Å². The number of benzene rings is 1. The third kappa shape index (κ3) is 2.98. The van der Waals surface area contributed by atoms with Crippen LogP contribution in [-0.2, 0) is 0 Å². The first-order valence-electron chi connectivity index (χ1n) is 7.36. The zero-order valence-electron chi connectivity index (χ0n) is 12.0. The maximum absolute atomic E-state index is 3.65. The van der Waals surface area contributed by atoms with E-state index in [1.807, 2.05) is 0 Å². The molecule has 0 aromatic heterocycles. The third-order valence-corrected chi connectivity index (χ3v) is 4.03. The van der Waals surface area contributed by atoms with Gasteiger partial charge >= 0.3 is 0 Å². The summed E-state index contributed by atoms with van der Waals surface area (Å²) in [6.45, 7) is 9.14. The van der Waals surface area contributed by atoms with E-state index in [0.717, 1.165) is 0 Å². The van der Waals surface area contributed by atoms with Gasteiger partial charge in [-0.25, -0.2) is 0 Å². The van der Waals surface area contributed by atoms with Crippen molar-refractivity contribution in [2.45, 2.75) is 52.5 Å². The molecule has 100 valence electrons. The Balaban J connectivity index is 2.09. The Morgan fingerprint density at radius 3 is 2.39 bits per heavy atom. The summed E-state index contributed by atoms with van der Waals surface area (Å²) in [6, 6.07) is 7.45. The molecule has 1 saturated heterocycles. The van der Waals surface area contributed by atoms with Gasteiger partial charge in [-0.2, -0.15) is 0 Å². The van der Waals surface area contributed by atoms with Gasteiger partial charge in [0.1, 0.15) is 0 Å². The van der Waals surface area contributed by atoms with Gasteiger partial charge in [0.05, 0.1) is 0 Å². The van der Waals surface area contributed by atoms with Crippen molar-refractivity contribution in [2.24, 2.45) is 0 Å². The number of nitrogens with one attached hydrogen (secondary N) is 1. The minimum atomic E-state index is 0.598. The largest absolute Gasteiger partial charge is 0.382 e. The van der Waals surface area contributed by atoms with Gasteiger partial charge < -0.3 is 10.2 Å². The minimum absolute atomic E-state index is 0.598. The second-order valence-electron chi connectivity index (χ2n) is 5.35. The molecule has 1 aliphatic rings. The molecule has 0 radical (unpaired) electrons. The zero-order chi connectivity index (χ0) is 13.0. The van der Waals surface area contributed by atoms with Crippen LogP contribution < -0.4 is 10.2 Å². The highest BCUT2D eigenvalue weighted by molar-refractivity contribution is 5.60. The molecule has 1 N–H and O–H groups in total. The van der Waals surface area contributed by atoms with Crippen LogP contribution in [0.25, 0.3) is 0 Å². The molecule has 2 nitrogen and oxygen atoms in total. The lowest BCUT2D eigenvalue weighted by atomic mass is 10.1. The molecule has 0 spiro atoms. The van der Waals surface area contributed by atoms with Crippen LogP contribution in [0, 0.1) is 6.92 Å². The van der Waals surface area contributed by atoms with E-state index in [9.17, 15) is 0 Å². The average Bonchev–Trinajstić information content (AvgIpc) is 2.91. The van der Waals surface area contributed by atoms with Crippen molar-refractivity contribution in [1.29, 1.82) is 0 Å². The van der Waals surface area contributed by atoms with Gasteiger partial charge in [0.15, 0.2) is 0 Å². The lowest BCUT2D eigenvalue weighted by molar-refractivity contribution is 0.671. The van der Waals surface area contributed by atoms with Crippen LogP contribution in [0.1, 0.15) is 45.1 Å². The molecule has 0 amide bonds. The minimum Gasteiger partial charge on any atom is -0.382 e. The van der Waals surface area contributed by atoms with Crippen LogP contribution in [0.3, 0.4) is 0 Å². The summed E-state index contributed by atoms with van der Waals surface area (Å²) >= 11 is 0. The standard InChI is InChI=1S/C16H26N2/c1-4-14(5-2)17-16-9-8-15(12-13(16)3)18-10-6-7-11-18/h8-9,12,14,17H,4-7,10-11H2,1-3H3. The number of aryl methyl sites for hydroxylation is 1. The lowest BCUT2D eigenvalue weighted by Crippen LogP contribution is -2.19. The SMILES string of the molecule is CCC(CC)Nc1ccc(N2CCCC2)cc1C. The Morgan fingerprint density at radius 2 is 1.83 bits per heavy atom. The molecular weight excluding hydrogens is 220 g/mol. The van der Waals surface area contributed by atoms with Crippen molar-refractivity contribution < 1.29 is 0 Å². The fraction of sp³-hybridized carbons (Fsp3) is 0.625. The molecule has 2 heteroatoms. The summed E-state index contributed by atoms with van der Waals surface area (Å²) in [6.07, 6.45) is 5.05. The number of nitrogens with zero attached hydrogens (tertiary/aromatic N) is 1. The van der Waals surface area contributed by atoms with E-state index in [1.165, 1.54) is 55.7 Å². The van der Waals surface area contributed by atoms with Crippen molar-refractivity contribution in [1.82, 2.24) is 0 Å². The van der Waals surface area contributed by atoms with Crippen LogP contribution in [0.5, 0.6) is 0 Å². The maximum atomic E-state index is 3.65. The summed E-state index contributed by atoms with van der Waals surface area (Å²) in [5, 5.41) is 3.65. The Morgan fingerprint density at radius 1 is 1.17 bits per heavy atom. The Hall–Kier alpha value is -1.18. The Bertz CT molecular complexity index is 377. The van der Waals surface area contributed by atoms with Crippen molar-refractivity contribution in [3.8, 4) is 0 Å². The fourth-order valence-corrected chi connectivity index (χ4v) is 2.69. The highest BCUT2D eigenvalue weighted by Crippen LogP contribution is 2.26. The lowest BCUT2D eigenvalue weighted by Gasteiger charge is -2.22. The van der Waals surface area contributed by atoms with E-state index in [2.05, 4.69) is 49.2 Å². The van der Waals surface area contributed by atoms with Crippen molar-refractivity contribution in [2.75, 3.05) is 23.3 Å². The summed E-state index contributed by atoms with van der Waals surface area (Å²) in [5.41, 5.74) is 4.05. The predicted octanol–water partition coefficient (Wildman–Crippen LogP) is 4.20. The smallest absolute Gasteiger partial charge is 0.0373 e. The first kappa shape index (κ1) is 13.3. The maximum Gasteiger partial charge on any atom is 0.0373 e. The first-order valence-corrected chi connectivity index (χ1v) is 7.36. The predicted molar refractivity (Wildman–Crippen MR) is 80.6 cm³/mol. The van der Waals surface area contributed by atoms with E-state index in [4.69, 9.17) is 0 Å². The van der Waals surface area contributed by atoms with Crippen LogP contribution in [0.2, 0.25) is 0 Å². The van der Waals surface area contributed by atoms with Crippen molar-refractivity contribution in [3.05, 3.63) is 23.8 Å². The summed E-state index contributed by atoms with van der Waals surface area (Å²) in [4.78, 5) is 2.49. The normalized spacial score (nSPS) is 15.4. The van der Waals surface area contributed by atoms with Gasteiger partial charge in [-0.15, -0.1) is 0 Å². The molecule has 0 atom stereocenters. The molecule has 1 aromatic rings.